The van der Waals surface area contributed by atoms with Crippen LogP contribution >= 0.6 is 0 Å². The first-order chi connectivity index (χ1) is 14.8. The lowest BCUT2D eigenvalue weighted by Crippen LogP contribution is -2.54. The van der Waals surface area contributed by atoms with Gasteiger partial charge in [0.2, 0.25) is 0 Å². The standard InChI is InChI=1S/C18H21F5O9S/c1-4-16(2,3)15(26)31-11-7-5-6-8(12(24)30-10(6)11)9(7)13(25)32-14(17(19,20)21)18(22,23)33(27,28)29/h6-11,14H,4-5H2,1-3H3,(H,27,28,29)/p-1. The fourth-order valence-electron chi connectivity index (χ4n) is 4.55. The maximum atomic E-state index is 13.8. The number of ether oxygens (including phenoxy) is 3. The number of fused-ring (bicyclic) bond motifs is 1. The molecule has 0 spiro atoms. The molecule has 0 aromatic rings. The molecule has 0 aromatic heterocycles. The van der Waals surface area contributed by atoms with E-state index in [1.165, 1.54) is 0 Å². The zero-order chi connectivity index (χ0) is 25.3. The van der Waals surface area contributed by atoms with Crippen molar-refractivity contribution >= 4 is 28.0 Å². The van der Waals surface area contributed by atoms with Crippen LogP contribution in [0.5, 0.6) is 0 Å². The molecule has 33 heavy (non-hydrogen) atoms. The van der Waals surface area contributed by atoms with E-state index in [1.54, 1.807) is 20.8 Å². The van der Waals surface area contributed by atoms with Crippen molar-refractivity contribution in [1.29, 1.82) is 0 Å². The normalized spacial score (nSPS) is 32.5. The Labute approximate surface area is 184 Å². The summed E-state index contributed by atoms with van der Waals surface area (Å²) in [4.78, 5) is 37.3. The van der Waals surface area contributed by atoms with Gasteiger partial charge in [0.15, 0.2) is 10.1 Å². The second-order valence-electron chi connectivity index (χ2n) is 9.00. The molecule has 0 aromatic carbocycles. The van der Waals surface area contributed by atoms with Crippen molar-refractivity contribution in [3.8, 4) is 0 Å². The van der Waals surface area contributed by atoms with E-state index < -0.39 is 86.9 Å². The molecule has 7 atom stereocenters. The summed E-state index contributed by atoms with van der Waals surface area (Å²) in [6, 6.07) is 0. The highest BCUT2D eigenvalue weighted by atomic mass is 32.2. The van der Waals surface area contributed by atoms with E-state index in [9.17, 15) is 49.3 Å². The number of hydrogen-bond donors (Lipinski definition) is 0. The van der Waals surface area contributed by atoms with Gasteiger partial charge in [0.25, 0.3) is 6.10 Å². The average molecular weight is 507 g/mol. The molecule has 1 saturated heterocycles. The van der Waals surface area contributed by atoms with E-state index in [-0.39, 0.29) is 6.42 Å². The molecular weight excluding hydrogens is 487 g/mol. The Kier molecular flexibility index (Phi) is 6.01. The molecule has 0 radical (unpaired) electrons. The van der Waals surface area contributed by atoms with Crippen LogP contribution in [0.3, 0.4) is 0 Å². The number of rotatable bonds is 7. The van der Waals surface area contributed by atoms with Crippen LogP contribution in [-0.2, 0) is 38.7 Å². The molecule has 188 valence electrons. The van der Waals surface area contributed by atoms with Gasteiger partial charge in [0.05, 0.1) is 17.3 Å². The first-order valence-electron chi connectivity index (χ1n) is 9.86. The minimum Gasteiger partial charge on any atom is -0.743 e. The van der Waals surface area contributed by atoms with Crippen molar-refractivity contribution in [2.45, 2.75) is 63.4 Å². The van der Waals surface area contributed by atoms with E-state index in [0.717, 1.165) is 0 Å². The van der Waals surface area contributed by atoms with Crippen LogP contribution in [0.2, 0.25) is 0 Å². The second kappa shape index (κ2) is 7.75. The maximum absolute atomic E-state index is 13.8. The van der Waals surface area contributed by atoms with Gasteiger partial charge in [-0.1, -0.05) is 6.92 Å². The molecule has 3 fully saturated rings. The SMILES string of the molecule is CCC(C)(C)C(=O)OC1C2CC3C1OC(=O)C3C2C(=O)OC(C(F)(F)F)C(F)(F)S(=O)(=O)[O-]. The highest BCUT2D eigenvalue weighted by Gasteiger charge is 2.71. The predicted molar refractivity (Wildman–Crippen MR) is 93.0 cm³/mol. The molecule has 0 amide bonds. The summed E-state index contributed by atoms with van der Waals surface area (Å²) in [6.07, 6.45) is -12.6. The van der Waals surface area contributed by atoms with E-state index in [0.29, 0.717) is 6.42 Å². The molecule has 3 aliphatic rings. The average Bonchev–Trinajstić information content (AvgIpc) is 3.27. The van der Waals surface area contributed by atoms with Crippen molar-refractivity contribution in [3.63, 3.8) is 0 Å². The van der Waals surface area contributed by atoms with Gasteiger partial charge in [-0.05, 0) is 26.7 Å². The Hall–Kier alpha value is -2.03. The van der Waals surface area contributed by atoms with E-state index in [4.69, 9.17) is 9.47 Å². The molecule has 0 N–H and O–H groups in total. The third-order valence-electron chi connectivity index (χ3n) is 6.67. The number of alkyl halides is 5. The molecule has 7 unspecified atom stereocenters. The minimum absolute atomic E-state index is 0.00171. The first kappa shape index (κ1) is 25.6. The third kappa shape index (κ3) is 4.06. The zero-order valence-electron chi connectivity index (χ0n) is 17.4. The highest BCUT2D eigenvalue weighted by molar-refractivity contribution is 7.86. The summed E-state index contributed by atoms with van der Waals surface area (Å²) in [5, 5.41) is -6.02. The zero-order valence-corrected chi connectivity index (χ0v) is 18.2. The monoisotopic (exact) mass is 507 g/mol. The molecule has 15 heteroatoms. The summed E-state index contributed by atoms with van der Waals surface area (Å²) in [6.45, 7) is 4.80. The smallest absolute Gasteiger partial charge is 0.432 e. The highest BCUT2D eigenvalue weighted by Crippen LogP contribution is 2.59. The third-order valence-corrected chi connectivity index (χ3v) is 7.55. The van der Waals surface area contributed by atoms with Gasteiger partial charge in [-0.25, -0.2) is 8.42 Å². The number of carbonyl (C=O) groups is 3. The van der Waals surface area contributed by atoms with Gasteiger partial charge in [-0.15, -0.1) is 0 Å². The second-order valence-corrected chi connectivity index (χ2v) is 10.5. The fraction of sp³-hybridized carbons (Fsp3) is 0.833. The van der Waals surface area contributed by atoms with Crippen LogP contribution < -0.4 is 0 Å². The lowest BCUT2D eigenvalue weighted by molar-refractivity contribution is -0.262. The number of esters is 3. The largest absolute Gasteiger partial charge is 0.743 e. The summed E-state index contributed by atoms with van der Waals surface area (Å²) >= 11 is 0. The summed E-state index contributed by atoms with van der Waals surface area (Å²) in [5.74, 6) is -8.64. The number of halogens is 5. The Morgan fingerprint density at radius 1 is 1.18 bits per heavy atom. The number of carbonyl (C=O) groups excluding carboxylic acids is 3. The Bertz CT molecular complexity index is 961. The van der Waals surface area contributed by atoms with Gasteiger partial charge in [0.1, 0.15) is 12.2 Å². The number of hydrogen-bond acceptors (Lipinski definition) is 9. The van der Waals surface area contributed by atoms with Crippen LogP contribution in [0.25, 0.3) is 0 Å². The van der Waals surface area contributed by atoms with Crippen molar-refractivity contribution < 1.29 is 63.5 Å². The van der Waals surface area contributed by atoms with E-state index >= 15 is 0 Å². The molecule has 2 aliphatic carbocycles. The van der Waals surface area contributed by atoms with E-state index in [1.807, 2.05) is 0 Å². The van der Waals surface area contributed by atoms with Crippen LogP contribution in [0.1, 0.15) is 33.6 Å². The Balaban J connectivity index is 1.90. The summed E-state index contributed by atoms with van der Waals surface area (Å²) in [7, 11) is -6.87. The molecule has 2 bridgehead atoms. The van der Waals surface area contributed by atoms with Crippen LogP contribution in [0.4, 0.5) is 22.0 Å². The molecular formula is C18H20F5O9S-. The summed E-state index contributed by atoms with van der Waals surface area (Å²) in [5.41, 5.74) is -0.980. The molecule has 1 heterocycles. The Morgan fingerprint density at radius 3 is 2.24 bits per heavy atom. The van der Waals surface area contributed by atoms with Gasteiger partial charge < -0.3 is 18.8 Å². The van der Waals surface area contributed by atoms with Crippen LogP contribution in [-0.4, -0.2) is 60.6 Å². The maximum Gasteiger partial charge on any atom is 0.432 e. The van der Waals surface area contributed by atoms with E-state index in [2.05, 4.69) is 4.74 Å². The topological polar surface area (TPSA) is 136 Å². The quantitative estimate of drug-likeness (QED) is 0.218. The molecule has 3 rings (SSSR count). The van der Waals surface area contributed by atoms with Crippen LogP contribution in [0.15, 0.2) is 0 Å². The van der Waals surface area contributed by atoms with Crippen molar-refractivity contribution in [1.82, 2.24) is 0 Å². The first-order valence-corrected chi connectivity index (χ1v) is 11.3. The van der Waals surface area contributed by atoms with Gasteiger partial charge in [-0.2, -0.15) is 22.0 Å². The minimum atomic E-state index is -6.87. The predicted octanol–water partition coefficient (Wildman–Crippen LogP) is 1.75. The summed E-state index contributed by atoms with van der Waals surface area (Å²) < 4.78 is 113. The Morgan fingerprint density at radius 2 is 1.76 bits per heavy atom. The molecule has 9 nitrogen and oxygen atoms in total. The lowest BCUT2D eigenvalue weighted by Gasteiger charge is -2.34. The van der Waals surface area contributed by atoms with Gasteiger partial charge in [-0.3, -0.25) is 14.4 Å². The van der Waals surface area contributed by atoms with Crippen molar-refractivity contribution in [2.24, 2.45) is 29.1 Å². The van der Waals surface area contributed by atoms with Crippen molar-refractivity contribution in [2.75, 3.05) is 0 Å². The van der Waals surface area contributed by atoms with Crippen molar-refractivity contribution in [3.05, 3.63) is 0 Å². The lowest BCUT2D eigenvalue weighted by atomic mass is 9.78. The fourth-order valence-corrected chi connectivity index (χ4v) is 4.99. The molecule has 1 aliphatic heterocycles. The molecule has 2 saturated carbocycles. The van der Waals surface area contributed by atoms with Gasteiger partial charge >= 0.3 is 29.3 Å². The van der Waals surface area contributed by atoms with Crippen LogP contribution in [0, 0.1) is 29.1 Å². The van der Waals surface area contributed by atoms with Gasteiger partial charge in [0, 0.05) is 11.8 Å².